The zero-order chi connectivity index (χ0) is 29.9. The first-order valence-corrected chi connectivity index (χ1v) is 13.1. The third-order valence-corrected chi connectivity index (χ3v) is 6.96. The van der Waals surface area contributed by atoms with Crippen LogP contribution in [0.2, 0.25) is 0 Å². The largest absolute Gasteiger partial charge is 0.459 e. The van der Waals surface area contributed by atoms with E-state index in [4.69, 9.17) is 14.9 Å². The van der Waals surface area contributed by atoms with Crippen LogP contribution in [0.4, 0.5) is 19.0 Å². The number of nitrogens with two attached hydrogens (primary N) is 1. The van der Waals surface area contributed by atoms with Gasteiger partial charge in [0.25, 0.3) is 5.91 Å². The number of ether oxygens (including phenoxy) is 1. The first kappa shape index (κ1) is 29.0. The molecular formula is C30H28F3N5O4. The Balaban J connectivity index is 0.000000271. The molecule has 1 spiro atoms. The third kappa shape index (κ3) is 6.19. The molecule has 0 aliphatic carbocycles. The summed E-state index contributed by atoms with van der Waals surface area (Å²) in [5.74, 6) is 0.765. The number of allylic oxidation sites excluding steroid dienone is 1. The summed E-state index contributed by atoms with van der Waals surface area (Å²) in [5.41, 5.74) is 6.37. The molecule has 0 unspecified atom stereocenters. The Labute approximate surface area is 239 Å². The molecular weight excluding hydrogens is 551 g/mol. The number of likely N-dealkylation sites (tertiary alicyclic amines) is 1. The summed E-state index contributed by atoms with van der Waals surface area (Å²) in [6.07, 6.45) is 2.25. The summed E-state index contributed by atoms with van der Waals surface area (Å²) in [6.45, 7) is 3.01. The molecule has 3 N–H and O–H groups in total. The van der Waals surface area contributed by atoms with E-state index in [0.29, 0.717) is 66.6 Å². The topological polar surface area (TPSA) is 124 Å². The van der Waals surface area contributed by atoms with E-state index in [2.05, 4.69) is 15.3 Å². The number of halogens is 3. The Bertz CT molecular complexity index is 1600. The fourth-order valence-electron chi connectivity index (χ4n) is 4.85. The van der Waals surface area contributed by atoms with Gasteiger partial charge in [-0.05, 0) is 61.2 Å². The number of amides is 1. The minimum absolute atomic E-state index is 0.114. The maximum atomic E-state index is 13.7. The van der Waals surface area contributed by atoms with Gasteiger partial charge in [0.2, 0.25) is 0 Å². The number of furan rings is 1. The number of nitrogens with one attached hydrogen (secondary N) is 1. The van der Waals surface area contributed by atoms with Crippen LogP contribution in [0.1, 0.15) is 27.2 Å². The Hall–Kier alpha value is -4.55. The number of rotatable bonds is 6. The van der Waals surface area contributed by atoms with Crippen molar-refractivity contribution in [1.82, 2.24) is 20.2 Å². The molecule has 5 heterocycles. The highest BCUT2D eigenvalue weighted by Crippen LogP contribution is 2.40. The lowest BCUT2D eigenvalue weighted by Crippen LogP contribution is -2.67. The molecule has 0 saturated carbocycles. The molecule has 9 nitrogen and oxygen atoms in total. The number of pyridine rings is 2. The SMILES string of the molecule is CNCc1cc2cc(-c3ccc(C(=O)N4CC5(COC5)C4)cn3)cc(C(F)(F)F)c2o1.Nc1ccc(/C=C/C=O)cn1. The van der Waals surface area contributed by atoms with E-state index in [-0.39, 0.29) is 16.9 Å². The van der Waals surface area contributed by atoms with Gasteiger partial charge in [-0.15, -0.1) is 0 Å². The van der Waals surface area contributed by atoms with E-state index < -0.39 is 11.7 Å². The van der Waals surface area contributed by atoms with Crippen molar-refractivity contribution < 1.29 is 31.9 Å². The van der Waals surface area contributed by atoms with E-state index in [1.54, 1.807) is 60.6 Å². The standard InChI is InChI=1S/C22H20F3N3O3.C8H8N2O/c1-26-8-16-5-15-4-14(6-17(19(15)31-16)22(23,24)25)18-3-2-13(7-27-18)20(29)28-9-21(10-28)11-30-12-21;9-8-4-3-7(6-10-8)2-1-5-11/h2-7,26H,8-12H2,1H3;1-6H,(H2,9,10)/b;2-1+. The van der Waals surface area contributed by atoms with Crippen LogP contribution in [0.5, 0.6) is 0 Å². The average molecular weight is 580 g/mol. The molecule has 2 aliphatic rings. The van der Waals surface area contributed by atoms with E-state index in [0.717, 1.165) is 17.9 Å². The van der Waals surface area contributed by atoms with Gasteiger partial charge >= 0.3 is 6.18 Å². The lowest BCUT2D eigenvalue weighted by Gasteiger charge is -2.54. The molecule has 0 atom stereocenters. The van der Waals surface area contributed by atoms with Crippen LogP contribution in [-0.4, -0.2) is 60.4 Å². The molecule has 218 valence electrons. The average Bonchev–Trinajstić information content (AvgIpc) is 3.33. The maximum absolute atomic E-state index is 13.7. The van der Waals surface area contributed by atoms with E-state index in [9.17, 15) is 22.8 Å². The second-order valence-corrected chi connectivity index (χ2v) is 10.3. The van der Waals surface area contributed by atoms with Gasteiger partial charge < -0.3 is 25.1 Å². The highest BCUT2D eigenvalue weighted by atomic mass is 19.4. The van der Waals surface area contributed by atoms with Gasteiger partial charge in [0.05, 0.1) is 42.0 Å². The predicted octanol–water partition coefficient (Wildman–Crippen LogP) is 4.58. The summed E-state index contributed by atoms with van der Waals surface area (Å²) in [4.78, 5) is 32.4. The van der Waals surface area contributed by atoms with Crippen molar-refractivity contribution in [3.05, 3.63) is 83.4 Å². The Morgan fingerprint density at radius 3 is 2.48 bits per heavy atom. The van der Waals surface area contributed by atoms with E-state index in [1.807, 2.05) is 0 Å². The zero-order valence-corrected chi connectivity index (χ0v) is 22.6. The molecule has 4 aromatic rings. The number of nitrogen functional groups attached to an aromatic ring is 1. The van der Waals surface area contributed by atoms with Gasteiger partial charge in [-0.3, -0.25) is 14.6 Å². The minimum Gasteiger partial charge on any atom is -0.459 e. The van der Waals surface area contributed by atoms with Gasteiger partial charge in [-0.1, -0.05) is 6.08 Å². The highest BCUT2D eigenvalue weighted by molar-refractivity contribution is 5.95. The van der Waals surface area contributed by atoms with Gasteiger partial charge in [0.1, 0.15) is 23.4 Å². The molecule has 0 radical (unpaired) electrons. The monoisotopic (exact) mass is 579 g/mol. The van der Waals surface area contributed by atoms with Crippen molar-refractivity contribution >= 4 is 35.1 Å². The van der Waals surface area contributed by atoms with Crippen LogP contribution in [0, 0.1) is 5.41 Å². The van der Waals surface area contributed by atoms with Gasteiger partial charge in [-0.25, -0.2) is 4.98 Å². The molecule has 0 bridgehead atoms. The van der Waals surface area contributed by atoms with Crippen molar-refractivity contribution in [2.24, 2.45) is 5.41 Å². The van der Waals surface area contributed by atoms with Crippen LogP contribution in [-0.2, 0) is 22.3 Å². The Kier molecular flexibility index (Phi) is 8.10. The lowest BCUT2D eigenvalue weighted by atomic mass is 9.78. The molecule has 42 heavy (non-hydrogen) atoms. The van der Waals surface area contributed by atoms with Crippen LogP contribution in [0.15, 0.2) is 65.4 Å². The number of carbonyl (C=O) groups is 2. The van der Waals surface area contributed by atoms with Crippen molar-refractivity contribution in [3.63, 3.8) is 0 Å². The molecule has 6 rings (SSSR count). The van der Waals surface area contributed by atoms with E-state index >= 15 is 0 Å². The summed E-state index contributed by atoms with van der Waals surface area (Å²) in [5, 5.41) is 3.22. The van der Waals surface area contributed by atoms with Gasteiger partial charge in [-0.2, -0.15) is 13.2 Å². The lowest BCUT2D eigenvalue weighted by molar-refractivity contribution is -0.176. The van der Waals surface area contributed by atoms with Crippen molar-refractivity contribution in [2.45, 2.75) is 12.7 Å². The fraction of sp³-hybridized carbons (Fsp3) is 0.267. The second-order valence-electron chi connectivity index (χ2n) is 10.3. The Morgan fingerprint density at radius 2 is 1.90 bits per heavy atom. The highest BCUT2D eigenvalue weighted by Gasteiger charge is 2.50. The van der Waals surface area contributed by atoms with Crippen LogP contribution in [0.3, 0.4) is 0 Å². The first-order valence-electron chi connectivity index (χ1n) is 13.1. The third-order valence-electron chi connectivity index (χ3n) is 6.96. The number of carbonyl (C=O) groups excluding carboxylic acids is 2. The van der Waals surface area contributed by atoms with Crippen LogP contribution in [0.25, 0.3) is 28.3 Å². The molecule has 3 aromatic heterocycles. The first-order chi connectivity index (χ1) is 20.1. The minimum atomic E-state index is -4.57. The van der Waals surface area contributed by atoms with E-state index in [1.165, 1.54) is 12.3 Å². The number of nitrogens with zero attached hydrogens (tertiary/aromatic N) is 3. The number of fused-ring (bicyclic) bond motifs is 1. The molecule has 2 aliphatic heterocycles. The number of aromatic nitrogens is 2. The number of hydrogen-bond donors (Lipinski definition) is 2. The van der Waals surface area contributed by atoms with Crippen molar-refractivity contribution in [1.29, 1.82) is 0 Å². The number of hydrogen-bond acceptors (Lipinski definition) is 8. The molecule has 1 aromatic carbocycles. The van der Waals surface area contributed by atoms with Crippen LogP contribution < -0.4 is 11.1 Å². The summed E-state index contributed by atoms with van der Waals surface area (Å²) >= 11 is 0. The van der Waals surface area contributed by atoms with Gasteiger partial charge in [0.15, 0.2) is 0 Å². The maximum Gasteiger partial charge on any atom is 0.420 e. The number of anilines is 1. The number of alkyl halides is 3. The number of benzene rings is 1. The Morgan fingerprint density at radius 1 is 1.12 bits per heavy atom. The molecule has 2 fully saturated rings. The molecule has 2 saturated heterocycles. The van der Waals surface area contributed by atoms with Crippen molar-refractivity contribution in [3.8, 4) is 11.3 Å². The summed E-state index contributed by atoms with van der Waals surface area (Å²) < 4.78 is 51.6. The van der Waals surface area contributed by atoms with Gasteiger partial charge in [0, 0.05) is 36.4 Å². The predicted molar refractivity (Wildman–Crippen MR) is 150 cm³/mol. The quantitative estimate of drug-likeness (QED) is 0.251. The smallest absolute Gasteiger partial charge is 0.420 e. The zero-order valence-electron chi connectivity index (χ0n) is 22.6. The molecule has 1 amide bonds. The van der Waals surface area contributed by atoms with Crippen LogP contribution >= 0.6 is 0 Å². The fourth-order valence-corrected chi connectivity index (χ4v) is 4.85. The van der Waals surface area contributed by atoms with Crippen molar-refractivity contribution in [2.75, 3.05) is 39.1 Å². The molecule has 12 heteroatoms. The summed E-state index contributed by atoms with van der Waals surface area (Å²) in [7, 11) is 1.69. The number of aldehydes is 1. The second kappa shape index (κ2) is 11.7. The summed E-state index contributed by atoms with van der Waals surface area (Å²) in [6, 6.07) is 10.9. The normalized spacial score (nSPS) is 15.7.